The molecule has 0 fully saturated rings. The number of nitrogens with zero attached hydrogens (tertiary/aromatic N) is 1. The van der Waals surface area contributed by atoms with Crippen molar-refractivity contribution in [1.29, 1.82) is 0 Å². The highest BCUT2D eigenvalue weighted by molar-refractivity contribution is 7.80. The van der Waals surface area contributed by atoms with Gasteiger partial charge in [-0.15, -0.1) is 0 Å². The van der Waals surface area contributed by atoms with Crippen molar-refractivity contribution in [2.75, 3.05) is 11.9 Å². The summed E-state index contributed by atoms with van der Waals surface area (Å²) in [6.45, 7) is 2.92. The van der Waals surface area contributed by atoms with E-state index in [1.54, 1.807) is 6.20 Å². The molecule has 0 atom stereocenters. The number of aryl methyl sites for hydroxylation is 1. The zero-order valence-corrected chi connectivity index (χ0v) is 11.7. The van der Waals surface area contributed by atoms with Gasteiger partial charge in [-0.05, 0) is 36.6 Å². The minimum Gasteiger partial charge on any atom is -0.389 e. The molecule has 1 aromatic carbocycles. The number of nitrogens with one attached hydrogen (secondary N) is 1. The van der Waals surface area contributed by atoms with Gasteiger partial charge in [0.05, 0.1) is 5.56 Å². The highest BCUT2D eigenvalue weighted by atomic mass is 32.1. The van der Waals surface area contributed by atoms with Crippen molar-refractivity contribution in [2.24, 2.45) is 5.73 Å². The molecular weight excluding hydrogens is 254 g/mol. The Morgan fingerprint density at radius 2 is 2.05 bits per heavy atom. The lowest BCUT2D eigenvalue weighted by molar-refractivity contribution is 0.993. The van der Waals surface area contributed by atoms with E-state index < -0.39 is 0 Å². The van der Waals surface area contributed by atoms with E-state index >= 15 is 0 Å². The second-order valence-corrected chi connectivity index (χ2v) is 4.81. The largest absolute Gasteiger partial charge is 0.389 e. The number of nitrogens with two attached hydrogens (primary N) is 1. The molecule has 3 N–H and O–H groups in total. The van der Waals surface area contributed by atoms with Gasteiger partial charge in [0, 0.05) is 12.7 Å². The second-order valence-electron chi connectivity index (χ2n) is 4.37. The quantitative estimate of drug-likeness (QED) is 0.821. The lowest BCUT2D eigenvalue weighted by Gasteiger charge is -2.10. The molecule has 0 spiro atoms. The zero-order chi connectivity index (χ0) is 13.7. The van der Waals surface area contributed by atoms with Crippen LogP contribution in [0.15, 0.2) is 42.6 Å². The minimum atomic E-state index is 0.367. The number of thiocarbonyl (C=S) groups is 1. The Labute approximate surface area is 118 Å². The monoisotopic (exact) mass is 271 g/mol. The summed E-state index contributed by atoms with van der Waals surface area (Å²) in [6.07, 6.45) is 2.68. The Bertz CT molecular complexity index is 581. The van der Waals surface area contributed by atoms with Crippen LogP contribution in [0.3, 0.4) is 0 Å². The van der Waals surface area contributed by atoms with Crippen LogP contribution in [-0.2, 0) is 6.42 Å². The van der Waals surface area contributed by atoms with Gasteiger partial charge in [-0.2, -0.15) is 0 Å². The third kappa shape index (κ3) is 3.51. The first-order valence-corrected chi connectivity index (χ1v) is 6.62. The first-order chi connectivity index (χ1) is 9.18. The molecule has 0 saturated heterocycles. The van der Waals surface area contributed by atoms with Crippen LogP contribution in [0.2, 0.25) is 0 Å². The predicted molar refractivity (Wildman–Crippen MR) is 83.5 cm³/mol. The number of hydrogen-bond donors (Lipinski definition) is 2. The maximum Gasteiger partial charge on any atom is 0.136 e. The molecule has 1 aromatic heterocycles. The first kappa shape index (κ1) is 13.5. The van der Waals surface area contributed by atoms with E-state index in [-0.39, 0.29) is 0 Å². The molecule has 0 unspecified atom stereocenters. The van der Waals surface area contributed by atoms with Gasteiger partial charge < -0.3 is 11.1 Å². The number of pyridine rings is 1. The Morgan fingerprint density at radius 3 is 2.79 bits per heavy atom. The summed E-state index contributed by atoms with van der Waals surface area (Å²) in [5.74, 6) is 0.753. The van der Waals surface area contributed by atoms with Gasteiger partial charge in [0.2, 0.25) is 0 Å². The number of anilines is 1. The highest BCUT2D eigenvalue weighted by Gasteiger charge is 2.05. The molecule has 4 heteroatoms. The molecule has 0 aliphatic carbocycles. The van der Waals surface area contributed by atoms with Crippen molar-refractivity contribution in [3.63, 3.8) is 0 Å². The van der Waals surface area contributed by atoms with Crippen molar-refractivity contribution in [3.05, 3.63) is 59.3 Å². The summed E-state index contributed by atoms with van der Waals surface area (Å²) in [5, 5.41) is 3.29. The molecule has 98 valence electrons. The fourth-order valence-corrected chi connectivity index (χ4v) is 2.12. The van der Waals surface area contributed by atoms with E-state index in [1.807, 2.05) is 12.1 Å². The lowest BCUT2D eigenvalue weighted by atomic mass is 10.1. The van der Waals surface area contributed by atoms with Crippen LogP contribution in [-0.4, -0.2) is 16.5 Å². The molecule has 0 amide bonds. The fraction of sp³-hybridized carbons (Fsp3) is 0.200. The summed E-state index contributed by atoms with van der Waals surface area (Å²) in [5.41, 5.74) is 9.11. The number of rotatable bonds is 5. The van der Waals surface area contributed by atoms with E-state index in [0.717, 1.165) is 24.3 Å². The Hall–Kier alpha value is -1.94. The summed E-state index contributed by atoms with van der Waals surface area (Å²) in [7, 11) is 0. The molecule has 0 radical (unpaired) electrons. The molecule has 3 nitrogen and oxygen atoms in total. The van der Waals surface area contributed by atoms with Gasteiger partial charge in [0.1, 0.15) is 10.8 Å². The second kappa shape index (κ2) is 6.29. The number of aromatic nitrogens is 1. The maximum absolute atomic E-state index is 5.67. The fourth-order valence-electron chi connectivity index (χ4n) is 1.95. The molecule has 0 aliphatic rings. The van der Waals surface area contributed by atoms with Crippen molar-refractivity contribution >= 4 is 23.0 Å². The zero-order valence-electron chi connectivity index (χ0n) is 10.9. The van der Waals surface area contributed by atoms with Crippen LogP contribution >= 0.6 is 12.2 Å². The normalized spacial score (nSPS) is 10.2. The molecule has 0 aliphatic heterocycles. The van der Waals surface area contributed by atoms with Gasteiger partial charge in [-0.1, -0.05) is 36.5 Å². The summed E-state index contributed by atoms with van der Waals surface area (Å²) < 4.78 is 0. The maximum atomic E-state index is 5.67. The first-order valence-electron chi connectivity index (χ1n) is 6.21. The van der Waals surface area contributed by atoms with Gasteiger partial charge in [-0.25, -0.2) is 4.98 Å². The van der Waals surface area contributed by atoms with Gasteiger partial charge >= 0.3 is 0 Å². The third-order valence-corrected chi connectivity index (χ3v) is 3.24. The van der Waals surface area contributed by atoms with Crippen molar-refractivity contribution < 1.29 is 0 Å². The average molecular weight is 271 g/mol. The van der Waals surface area contributed by atoms with Crippen LogP contribution < -0.4 is 11.1 Å². The molecule has 19 heavy (non-hydrogen) atoms. The molecule has 1 heterocycles. The molecule has 0 saturated carbocycles. The summed E-state index contributed by atoms with van der Waals surface area (Å²) in [4.78, 5) is 4.64. The SMILES string of the molecule is Cc1ccccc1CCNc1ncccc1C(N)=S. The van der Waals surface area contributed by atoms with Gasteiger partial charge in [0.25, 0.3) is 0 Å². The van der Waals surface area contributed by atoms with Crippen LogP contribution in [0, 0.1) is 6.92 Å². The summed E-state index contributed by atoms with van der Waals surface area (Å²) >= 11 is 5.01. The van der Waals surface area contributed by atoms with E-state index in [0.29, 0.717) is 4.99 Å². The number of benzene rings is 1. The topological polar surface area (TPSA) is 50.9 Å². The Balaban J connectivity index is 2.00. The molecule has 2 aromatic rings. The van der Waals surface area contributed by atoms with Gasteiger partial charge in [0.15, 0.2) is 0 Å². The Kier molecular flexibility index (Phi) is 4.47. The smallest absolute Gasteiger partial charge is 0.136 e. The molecule has 0 bridgehead atoms. The van der Waals surface area contributed by atoms with Gasteiger partial charge in [-0.3, -0.25) is 0 Å². The Morgan fingerprint density at radius 1 is 1.26 bits per heavy atom. The summed E-state index contributed by atoms with van der Waals surface area (Å²) in [6, 6.07) is 12.1. The lowest BCUT2D eigenvalue weighted by Crippen LogP contribution is -2.15. The predicted octanol–water partition coefficient (Wildman–Crippen LogP) is 2.68. The van der Waals surface area contributed by atoms with E-state index in [1.165, 1.54) is 11.1 Å². The van der Waals surface area contributed by atoms with Crippen molar-refractivity contribution in [1.82, 2.24) is 4.98 Å². The standard InChI is InChI=1S/C15H17N3S/c1-11-5-2-3-6-12(11)8-10-18-15-13(14(16)19)7-4-9-17-15/h2-7,9H,8,10H2,1H3,(H2,16,19)(H,17,18). The average Bonchev–Trinajstić information content (AvgIpc) is 2.41. The molecular formula is C15H17N3S. The van der Waals surface area contributed by atoms with Crippen LogP contribution in [0.25, 0.3) is 0 Å². The third-order valence-electron chi connectivity index (χ3n) is 3.02. The minimum absolute atomic E-state index is 0.367. The van der Waals surface area contributed by atoms with Crippen molar-refractivity contribution in [2.45, 2.75) is 13.3 Å². The van der Waals surface area contributed by atoms with Crippen LogP contribution in [0.5, 0.6) is 0 Å². The van der Waals surface area contributed by atoms with E-state index in [2.05, 4.69) is 41.5 Å². The van der Waals surface area contributed by atoms with E-state index in [9.17, 15) is 0 Å². The number of hydrogen-bond acceptors (Lipinski definition) is 3. The van der Waals surface area contributed by atoms with Crippen molar-refractivity contribution in [3.8, 4) is 0 Å². The van der Waals surface area contributed by atoms with E-state index in [4.69, 9.17) is 18.0 Å². The molecule has 2 rings (SSSR count). The van der Waals surface area contributed by atoms with Crippen LogP contribution in [0.4, 0.5) is 5.82 Å². The highest BCUT2D eigenvalue weighted by Crippen LogP contribution is 2.12. The van der Waals surface area contributed by atoms with Crippen LogP contribution in [0.1, 0.15) is 16.7 Å².